The smallest absolute Gasteiger partial charge is 0.331 e. The van der Waals surface area contributed by atoms with E-state index in [9.17, 15) is 9.59 Å². The number of hydrogen-bond donors (Lipinski definition) is 1. The van der Waals surface area contributed by atoms with Crippen LogP contribution < -0.4 is 19.5 Å². The van der Waals surface area contributed by atoms with Crippen molar-refractivity contribution in [2.45, 2.75) is 32.7 Å². The van der Waals surface area contributed by atoms with E-state index in [0.29, 0.717) is 22.8 Å². The maximum atomic E-state index is 11.8. The molecule has 1 aromatic rings. The summed E-state index contributed by atoms with van der Waals surface area (Å²) in [5.74, 6) is 0.485. The molecule has 0 fully saturated rings. The summed E-state index contributed by atoms with van der Waals surface area (Å²) in [5, 5.41) is 2.77. The van der Waals surface area contributed by atoms with Crippen LogP contribution in [0.3, 0.4) is 0 Å². The molecule has 0 aliphatic carbocycles. The van der Waals surface area contributed by atoms with Crippen LogP contribution in [0.4, 0.5) is 0 Å². The lowest BCUT2D eigenvalue weighted by molar-refractivity contribution is -0.144. The van der Waals surface area contributed by atoms with Gasteiger partial charge >= 0.3 is 5.97 Å². The highest BCUT2D eigenvalue weighted by Crippen LogP contribution is 2.38. The molecule has 144 valence electrons. The monoisotopic (exact) mass is 365 g/mol. The number of ether oxygens (including phenoxy) is 4. The average molecular weight is 365 g/mol. The lowest BCUT2D eigenvalue weighted by atomic mass is 10.1. The lowest BCUT2D eigenvalue weighted by Gasteiger charge is -2.13. The first-order chi connectivity index (χ1) is 12.4. The summed E-state index contributed by atoms with van der Waals surface area (Å²) in [6.07, 6.45) is 4.63. The van der Waals surface area contributed by atoms with Gasteiger partial charge in [-0.3, -0.25) is 4.79 Å². The Morgan fingerprint density at radius 2 is 1.73 bits per heavy atom. The summed E-state index contributed by atoms with van der Waals surface area (Å²) in [5.41, 5.74) is 0.664. The van der Waals surface area contributed by atoms with Gasteiger partial charge in [-0.2, -0.15) is 0 Å². The van der Waals surface area contributed by atoms with Gasteiger partial charge in [0.1, 0.15) is 0 Å². The number of benzene rings is 1. The Labute approximate surface area is 154 Å². The number of esters is 1. The molecule has 0 saturated heterocycles. The van der Waals surface area contributed by atoms with Crippen molar-refractivity contribution in [2.24, 2.45) is 0 Å². The van der Waals surface area contributed by atoms with Gasteiger partial charge in [-0.25, -0.2) is 4.79 Å². The zero-order valence-corrected chi connectivity index (χ0v) is 16.0. The van der Waals surface area contributed by atoms with E-state index in [1.54, 1.807) is 18.2 Å². The van der Waals surface area contributed by atoms with Crippen LogP contribution in [0.5, 0.6) is 17.2 Å². The van der Waals surface area contributed by atoms with Crippen molar-refractivity contribution in [3.63, 3.8) is 0 Å². The summed E-state index contributed by atoms with van der Waals surface area (Å²) in [4.78, 5) is 23.5. The predicted molar refractivity (Wildman–Crippen MR) is 98.6 cm³/mol. The quantitative estimate of drug-likeness (QED) is 0.507. The van der Waals surface area contributed by atoms with Crippen molar-refractivity contribution >= 4 is 18.0 Å². The van der Waals surface area contributed by atoms with Crippen LogP contribution in [0.2, 0.25) is 0 Å². The molecule has 0 radical (unpaired) electrons. The summed E-state index contributed by atoms with van der Waals surface area (Å²) in [6, 6.07) is 3.45. The van der Waals surface area contributed by atoms with Crippen LogP contribution in [0.1, 0.15) is 32.3 Å². The van der Waals surface area contributed by atoms with Gasteiger partial charge in [0.15, 0.2) is 18.1 Å². The first-order valence-corrected chi connectivity index (χ1v) is 8.39. The highest BCUT2D eigenvalue weighted by Gasteiger charge is 2.12. The molecule has 0 aromatic heterocycles. The van der Waals surface area contributed by atoms with E-state index >= 15 is 0 Å². The van der Waals surface area contributed by atoms with Gasteiger partial charge in [0.25, 0.3) is 5.91 Å². The van der Waals surface area contributed by atoms with E-state index in [4.69, 9.17) is 18.9 Å². The molecule has 0 unspecified atom stereocenters. The molecule has 0 aliphatic heterocycles. The molecule has 1 amide bonds. The second-order valence-corrected chi connectivity index (χ2v) is 5.66. The van der Waals surface area contributed by atoms with E-state index in [2.05, 4.69) is 5.32 Å². The molecule has 1 aromatic carbocycles. The van der Waals surface area contributed by atoms with Gasteiger partial charge in [-0.05, 0) is 37.1 Å². The second-order valence-electron chi connectivity index (χ2n) is 5.66. The van der Waals surface area contributed by atoms with Gasteiger partial charge in [0.05, 0.1) is 21.3 Å². The van der Waals surface area contributed by atoms with Crippen molar-refractivity contribution in [1.82, 2.24) is 5.32 Å². The highest BCUT2D eigenvalue weighted by molar-refractivity contribution is 5.89. The first kappa shape index (κ1) is 21.3. The van der Waals surface area contributed by atoms with Crippen molar-refractivity contribution in [3.05, 3.63) is 23.8 Å². The molecule has 0 spiro atoms. The van der Waals surface area contributed by atoms with Gasteiger partial charge < -0.3 is 24.3 Å². The van der Waals surface area contributed by atoms with Gasteiger partial charge in [-0.15, -0.1) is 0 Å². The summed E-state index contributed by atoms with van der Waals surface area (Å²) in [7, 11) is 4.54. The molecule has 1 N–H and O–H groups in total. The van der Waals surface area contributed by atoms with Crippen LogP contribution in [-0.2, 0) is 14.3 Å². The molecular formula is C19H27NO6. The highest BCUT2D eigenvalue weighted by atomic mass is 16.5. The van der Waals surface area contributed by atoms with Gasteiger partial charge in [-0.1, -0.05) is 13.3 Å². The summed E-state index contributed by atoms with van der Waals surface area (Å²) in [6.45, 7) is 3.64. The third kappa shape index (κ3) is 6.66. The lowest BCUT2D eigenvalue weighted by Crippen LogP contribution is -2.35. The normalized spacial score (nSPS) is 11.7. The van der Waals surface area contributed by atoms with Crippen molar-refractivity contribution in [3.8, 4) is 17.2 Å². The van der Waals surface area contributed by atoms with Crippen molar-refractivity contribution in [2.75, 3.05) is 27.9 Å². The van der Waals surface area contributed by atoms with Crippen LogP contribution in [0.25, 0.3) is 6.08 Å². The van der Waals surface area contributed by atoms with E-state index in [1.165, 1.54) is 27.4 Å². The summed E-state index contributed by atoms with van der Waals surface area (Å²) >= 11 is 0. The first-order valence-electron chi connectivity index (χ1n) is 8.39. The Bertz CT molecular complexity index is 616. The van der Waals surface area contributed by atoms with Crippen molar-refractivity contribution in [1.29, 1.82) is 0 Å². The second kappa shape index (κ2) is 11.0. The van der Waals surface area contributed by atoms with E-state index in [-0.39, 0.29) is 18.6 Å². The largest absolute Gasteiger partial charge is 0.493 e. The maximum absolute atomic E-state index is 11.8. The number of nitrogens with one attached hydrogen (secondary N) is 1. The molecular weight excluding hydrogens is 338 g/mol. The number of methoxy groups -OCH3 is 3. The molecule has 26 heavy (non-hydrogen) atoms. The number of carbonyl (C=O) groups excluding carboxylic acids is 2. The van der Waals surface area contributed by atoms with Gasteiger partial charge in [0.2, 0.25) is 5.75 Å². The average Bonchev–Trinajstić information content (AvgIpc) is 2.63. The Morgan fingerprint density at radius 3 is 2.23 bits per heavy atom. The third-order valence-corrected chi connectivity index (χ3v) is 3.57. The zero-order chi connectivity index (χ0) is 19.5. The Balaban J connectivity index is 2.66. The van der Waals surface area contributed by atoms with E-state index in [0.717, 1.165) is 12.8 Å². The molecule has 1 rings (SSSR count). The van der Waals surface area contributed by atoms with E-state index in [1.807, 2.05) is 13.8 Å². The zero-order valence-electron chi connectivity index (χ0n) is 16.0. The van der Waals surface area contributed by atoms with Crippen LogP contribution >= 0.6 is 0 Å². The number of carbonyl (C=O) groups is 2. The third-order valence-electron chi connectivity index (χ3n) is 3.57. The van der Waals surface area contributed by atoms with Crippen molar-refractivity contribution < 1.29 is 28.5 Å². The predicted octanol–water partition coefficient (Wildman–Crippen LogP) is 2.57. The minimum absolute atomic E-state index is 0.0565. The molecule has 1 atom stereocenters. The van der Waals surface area contributed by atoms with Crippen LogP contribution in [-0.4, -0.2) is 45.9 Å². The SMILES string of the molecule is CCC[C@@H](C)NC(=O)COC(=O)/C=C/c1cc(OC)c(OC)c(OC)c1. The molecule has 0 bridgehead atoms. The minimum Gasteiger partial charge on any atom is -0.493 e. The van der Waals surface area contributed by atoms with Crippen LogP contribution in [0.15, 0.2) is 18.2 Å². The summed E-state index contributed by atoms with van der Waals surface area (Å²) < 4.78 is 20.7. The number of amides is 1. The molecule has 7 nitrogen and oxygen atoms in total. The van der Waals surface area contributed by atoms with Crippen LogP contribution in [0, 0.1) is 0 Å². The fourth-order valence-electron chi connectivity index (χ4n) is 2.37. The standard InChI is InChI=1S/C19H27NO6/c1-6-7-13(2)20-17(21)12-26-18(22)9-8-14-10-15(23-3)19(25-5)16(11-14)24-4/h8-11,13H,6-7,12H2,1-5H3,(H,20,21)/b9-8+/t13-/m1/s1. The van der Waals surface area contributed by atoms with E-state index < -0.39 is 5.97 Å². The fourth-order valence-corrected chi connectivity index (χ4v) is 2.37. The molecule has 0 aliphatic rings. The number of rotatable bonds is 10. The minimum atomic E-state index is -0.614. The molecule has 0 saturated carbocycles. The Morgan fingerprint density at radius 1 is 1.12 bits per heavy atom. The maximum Gasteiger partial charge on any atom is 0.331 e. The molecule has 7 heteroatoms. The Kier molecular flexibility index (Phi) is 9.05. The Hall–Kier alpha value is -2.70. The topological polar surface area (TPSA) is 83.1 Å². The fraction of sp³-hybridized carbons (Fsp3) is 0.474. The molecule has 0 heterocycles. The number of hydrogen-bond acceptors (Lipinski definition) is 6. The van der Waals surface area contributed by atoms with Gasteiger partial charge in [0, 0.05) is 12.1 Å².